The van der Waals surface area contributed by atoms with Crippen LogP contribution in [0.5, 0.6) is 0 Å². The first-order valence-electron chi connectivity index (χ1n) is 9.04. The minimum Gasteiger partial charge on any atom is -0.396 e. The molecule has 3 heterocycles. The van der Waals surface area contributed by atoms with E-state index in [0.717, 1.165) is 0 Å². The van der Waals surface area contributed by atoms with Crippen molar-refractivity contribution in [2.75, 3.05) is 25.0 Å². The van der Waals surface area contributed by atoms with Crippen molar-refractivity contribution in [1.29, 1.82) is 0 Å². The SMILES string of the molecule is CC(C)CN1C(=O)/C(=C/c2c(NCCCO)nc3ccccn3c2=O)SC1=S. The molecule has 2 aromatic heterocycles. The molecule has 0 aliphatic carbocycles. The Labute approximate surface area is 172 Å². The van der Waals surface area contributed by atoms with Gasteiger partial charge in [-0.1, -0.05) is 43.9 Å². The quantitative estimate of drug-likeness (QED) is 0.405. The third-order valence-electron chi connectivity index (χ3n) is 4.09. The molecule has 1 aliphatic rings. The lowest BCUT2D eigenvalue weighted by molar-refractivity contribution is -0.122. The summed E-state index contributed by atoms with van der Waals surface area (Å²) in [7, 11) is 0. The van der Waals surface area contributed by atoms with E-state index in [-0.39, 0.29) is 24.0 Å². The normalized spacial score (nSPS) is 16.0. The Bertz CT molecular complexity index is 1000. The number of fused-ring (bicyclic) bond motifs is 1. The maximum atomic E-state index is 13.0. The zero-order valence-corrected chi connectivity index (χ0v) is 17.3. The third-order valence-corrected chi connectivity index (χ3v) is 5.47. The van der Waals surface area contributed by atoms with Crippen molar-refractivity contribution in [3.8, 4) is 0 Å². The molecule has 0 aromatic carbocycles. The van der Waals surface area contributed by atoms with Crippen molar-refractivity contribution in [3.05, 3.63) is 45.2 Å². The van der Waals surface area contributed by atoms with E-state index in [1.165, 1.54) is 16.2 Å². The average Bonchev–Trinajstić information content (AvgIpc) is 2.92. The number of aliphatic hydroxyl groups is 1. The summed E-state index contributed by atoms with van der Waals surface area (Å²) in [4.78, 5) is 32.3. The van der Waals surface area contributed by atoms with Gasteiger partial charge in [-0.2, -0.15) is 0 Å². The minimum absolute atomic E-state index is 0.0305. The molecule has 28 heavy (non-hydrogen) atoms. The van der Waals surface area contributed by atoms with Gasteiger partial charge in [-0.15, -0.1) is 0 Å². The van der Waals surface area contributed by atoms with Gasteiger partial charge in [0.1, 0.15) is 15.8 Å². The molecular weight excluding hydrogens is 396 g/mol. The first-order valence-corrected chi connectivity index (χ1v) is 10.3. The second kappa shape index (κ2) is 8.85. The molecule has 1 aliphatic heterocycles. The standard InChI is InChI=1S/C19H22N4O3S2/c1-12(2)11-23-18(26)14(28-19(23)27)10-13-16(20-7-5-9-24)21-15-6-3-4-8-22(15)17(13)25/h3-4,6,8,10,12,20,24H,5,7,9,11H2,1-2H3/b14-10-. The molecule has 0 unspecified atom stereocenters. The molecule has 0 bridgehead atoms. The lowest BCUT2D eigenvalue weighted by atomic mass is 10.2. The second-order valence-electron chi connectivity index (χ2n) is 6.80. The van der Waals surface area contributed by atoms with Gasteiger partial charge in [0.25, 0.3) is 11.5 Å². The summed E-state index contributed by atoms with van der Waals surface area (Å²) in [5.74, 6) is 0.479. The van der Waals surface area contributed by atoms with E-state index in [2.05, 4.69) is 10.3 Å². The van der Waals surface area contributed by atoms with Crippen LogP contribution in [0.1, 0.15) is 25.8 Å². The molecule has 0 atom stereocenters. The van der Waals surface area contributed by atoms with Crippen molar-refractivity contribution < 1.29 is 9.90 Å². The molecule has 3 rings (SSSR count). The van der Waals surface area contributed by atoms with Gasteiger partial charge in [-0.05, 0) is 30.5 Å². The second-order valence-corrected chi connectivity index (χ2v) is 8.47. The maximum absolute atomic E-state index is 13.0. The number of amides is 1. The highest BCUT2D eigenvalue weighted by atomic mass is 32.2. The first-order chi connectivity index (χ1) is 13.4. The van der Waals surface area contributed by atoms with E-state index >= 15 is 0 Å². The van der Waals surface area contributed by atoms with Crippen LogP contribution in [0.25, 0.3) is 11.7 Å². The summed E-state index contributed by atoms with van der Waals surface area (Å²) in [5.41, 5.74) is 0.529. The van der Waals surface area contributed by atoms with Crippen molar-refractivity contribution in [1.82, 2.24) is 14.3 Å². The Morgan fingerprint density at radius 1 is 1.36 bits per heavy atom. The lowest BCUT2D eigenvalue weighted by Crippen LogP contribution is -2.31. The number of hydrogen-bond acceptors (Lipinski definition) is 7. The van der Waals surface area contributed by atoms with Crippen LogP contribution in [-0.2, 0) is 4.79 Å². The number of aromatic nitrogens is 2. The van der Waals surface area contributed by atoms with E-state index in [9.17, 15) is 9.59 Å². The summed E-state index contributed by atoms with van der Waals surface area (Å²) in [6.45, 7) is 5.07. The molecule has 1 saturated heterocycles. The number of aliphatic hydroxyl groups excluding tert-OH is 1. The molecule has 0 spiro atoms. The third kappa shape index (κ3) is 4.26. The molecule has 1 fully saturated rings. The smallest absolute Gasteiger partial charge is 0.267 e. The number of hydrogen-bond donors (Lipinski definition) is 2. The Morgan fingerprint density at radius 3 is 2.86 bits per heavy atom. The monoisotopic (exact) mass is 418 g/mol. The van der Waals surface area contributed by atoms with Gasteiger partial charge in [-0.3, -0.25) is 18.9 Å². The molecule has 2 aromatic rings. The van der Waals surface area contributed by atoms with Gasteiger partial charge in [0.05, 0.1) is 10.5 Å². The van der Waals surface area contributed by atoms with Gasteiger partial charge in [-0.25, -0.2) is 4.98 Å². The first kappa shape index (κ1) is 20.5. The fraction of sp³-hybridized carbons (Fsp3) is 0.368. The van der Waals surface area contributed by atoms with Crippen molar-refractivity contribution in [2.24, 2.45) is 5.92 Å². The van der Waals surface area contributed by atoms with E-state index in [1.807, 2.05) is 13.8 Å². The fourth-order valence-electron chi connectivity index (χ4n) is 2.81. The van der Waals surface area contributed by atoms with E-state index in [1.54, 1.807) is 35.4 Å². The fourth-order valence-corrected chi connectivity index (χ4v) is 4.06. The van der Waals surface area contributed by atoms with Crippen molar-refractivity contribution in [3.63, 3.8) is 0 Å². The number of pyridine rings is 1. The number of anilines is 1. The number of nitrogens with zero attached hydrogens (tertiary/aromatic N) is 3. The van der Waals surface area contributed by atoms with Gasteiger partial charge >= 0.3 is 0 Å². The van der Waals surface area contributed by atoms with E-state index in [0.29, 0.717) is 45.8 Å². The van der Waals surface area contributed by atoms with Crippen molar-refractivity contribution >= 4 is 51.7 Å². The maximum Gasteiger partial charge on any atom is 0.267 e. The Balaban J connectivity index is 2.06. The molecular formula is C19H22N4O3S2. The summed E-state index contributed by atoms with van der Waals surface area (Å²) >= 11 is 6.54. The molecule has 2 N–H and O–H groups in total. The highest BCUT2D eigenvalue weighted by Crippen LogP contribution is 2.33. The largest absolute Gasteiger partial charge is 0.396 e. The zero-order valence-electron chi connectivity index (χ0n) is 15.7. The number of rotatable bonds is 7. The molecule has 0 saturated carbocycles. The van der Waals surface area contributed by atoms with Gasteiger partial charge in [0, 0.05) is 25.9 Å². The van der Waals surface area contributed by atoms with E-state index in [4.69, 9.17) is 17.3 Å². The zero-order chi connectivity index (χ0) is 20.3. The van der Waals surface area contributed by atoms with Crippen LogP contribution in [0.15, 0.2) is 34.1 Å². The van der Waals surface area contributed by atoms with Gasteiger partial charge in [0.2, 0.25) is 0 Å². The predicted octanol–water partition coefficient (Wildman–Crippen LogP) is 2.35. The molecule has 148 valence electrons. The average molecular weight is 419 g/mol. The van der Waals surface area contributed by atoms with Crippen LogP contribution < -0.4 is 10.9 Å². The van der Waals surface area contributed by atoms with Gasteiger partial charge in [0.15, 0.2) is 0 Å². The van der Waals surface area contributed by atoms with E-state index < -0.39 is 0 Å². The molecule has 0 radical (unpaired) electrons. The summed E-state index contributed by atoms with van der Waals surface area (Å²) in [6, 6.07) is 5.29. The van der Waals surface area contributed by atoms with Crippen LogP contribution >= 0.6 is 24.0 Å². The Kier molecular flexibility index (Phi) is 6.48. The van der Waals surface area contributed by atoms with Crippen LogP contribution in [0.4, 0.5) is 5.82 Å². The Morgan fingerprint density at radius 2 is 2.14 bits per heavy atom. The van der Waals surface area contributed by atoms with Crippen LogP contribution in [0.2, 0.25) is 0 Å². The number of thioether (sulfide) groups is 1. The number of thiocarbonyl (C=S) groups is 1. The predicted molar refractivity (Wildman–Crippen MR) is 116 cm³/mol. The Hall–Kier alpha value is -2.23. The van der Waals surface area contributed by atoms with Gasteiger partial charge < -0.3 is 10.4 Å². The van der Waals surface area contributed by atoms with Crippen LogP contribution in [0.3, 0.4) is 0 Å². The molecule has 7 nitrogen and oxygen atoms in total. The number of carbonyl (C=O) groups is 1. The minimum atomic E-state index is -0.272. The van der Waals surface area contributed by atoms with Crippen LogP contribution in [0, 0.1) is 5.92 Å². The summed E-state index contributed by atoms with van der Waals surface area (Å²) in [6.07, 6.45) is 3.73. The topological polar surface area (TPSA) is 86.9 Å². The highest BCUT2D eigenvalue weighted by Gasteiger charge is 2.32. The number of nitrogens with one attached hydrogen (secondary N) is 1. The highest BCUT2D eigenvalue weighted by molar-refractivity contribution is 8.26. The molecule has 9 heteroatoms. The summed E-state index contributed by atoms with van der Waals surface area (Å²) in [5, 5.41) is 12.1. The number of carbonyl (C=O) groups excluding carboxylic acids is 1. The summed E-state index contributed by atoms with van der Waals surface area (Å²) < 4.78 is 1.94. The molecule has 1 amide bonds. The lowest BCUT2D eigenvalue weighted by Gasteiger charge is -2.16. The van der Waals surface area contributed by atoms with Crippen LogP contribution in [-0.4, -0.2) is 49.3 Å². The van der Waals surface area contributed by atoms with Crippen molar-refractivity contribution in [2.45, 2.75) is 20.3 Å².